The van der Waals surface area contributed by atoms with Crippen LogP contribution >= 0.6 is 0 Å². The minimum Gasteiger partial charge on any atom is -0.364 e. The lowest BCUT2D eigenvalue weighted by Gasteiger charge is -2.12. The van der Waals surface area contributed by atoms with Crippen LogP contribution in [0.4, 0.5) is 0 Å². The second-order valence-electron chi connectivity index (χ2n) is 6.33. The Morgan fingerprint density at radius 1 is 1.00 bits per heavy atom. The van der Waals surface area contributed by atoms with E-state index in [0.717, 1.165) is 17.2 Å². The van der Waals surface area contributed by atoms with Gasteiger partial charge in [0.2, 0.25) is 0 Å². The van der Waals surface area contributed by atoms with Gasteiger partial charge in [-0.25, -0.2) is 13.1 Å². The van der Waals surface area contributed by atoms with Gasteiger partial charge in [0.25, 0.3) is 21.8 Å². The van der Waals surface area contributed by atoms with Crippen LogP contribution in [-0.4, -0.2) is 24.8 Å². The fourth-order valence-corrected chi connectivity index (χ4v) is 3.99. The van der Waals surface area contributed by atoms with Crippen LogP contribution < -0.4 is 10.5 Å². The van der Waals surface area contributed by atoms with E-state index in [2.05, 4.69) is 4.72 Å². The minimum absolute atomic E-state index is 0.0214. The maximum atomic E-state index is 12.8. The minimum atomic E-state index is -4.18. The molecule has 2 amide bonds. The van der Waals surface area contributed by atoms with Crippen molar-refractivity contribution < 1.29 is 18.0 Å². The van der Waals surface area contributed by atoms with Crippen molar-refractivity contribution in [2.45, 2.75) is 11.8 Å². The molecule has 8 heteroatoms. The van der Waals surface area contributed by atoms with Crippen molar-refractivity contribution in [3.63, 3.8) is 0 Å². The molecule has 3 N–H and O–H groups in total. The number of benzene rings is 2. The maximum absolute atomic E-state index is 12.8. The zero-order valence-electron chi connectivity index (χ0n) is 15.3. The molecule has 0 atom stereocenters. The molecule has 3 rings (SSSR count). The van der Waals surface area contributed by atoms with E-state index in [-0.39, 0.29) is 16.2 Å². The molecule has 3 aromatic rings. The molecule has 0 unspecified atom stereocenters. The Morgan fingerprint density at radius 3 is 2.21 bits per heavy atom. The highest BCUT2D eigenvalue weighted by molar-refractivity contribution is 7.90. The Balaban J connectivity index is 1.97. The summed E-state index contributed by atoms with van der Waals surface area (Å²) in [5.74, 6) is -1.52. The van der Waals surface area contributed by atoms with Crippen LogP contribution in [0.1, 0.15) is 26.4 Å². The summed E-state index contributed by atoms with van der Waals surface area (Å²) in [4.78, 5) is 23.9. The summed E-state index contributed by atoms with van der Waals surface area (Å²) in [5, 5.41) is 0. The highest BCUT2D eigenvalue weighted by Gasteiger charge is 2.24. The van der Waals surface area contributed by atoms with Gasteiger partial charge in [0, 0.05) is 18.8 Å². The van der Waals surface area contributed by atoms with Crippen LogP contribution in [0.3, 0.4) is 0 Å². The number of hydrogen-bond donors (Lipinski definition) is 2. The molecule has 7 nitrogen and oxygen atoms in total. The summed E-state index contributed by atoms with van der Waals surface area (Å²) >= 11 is 0. The molecule has 0 aliphatic rings. The first-order valence-electron chi connectivity index (χ1n) is 8.39. The van der Waals surface area contributed by atoms with Crippen molar-refractivity contribution in [2.24, 2.45) is 12.8 Å². The number of amides is 2. The first-order valence-corrected chi connectivity index (χ1v) is 9.87. The van der Waals surface area contributed by atoms with Crippen molar-refractivity contribution >= 4 is 21.8 Å². The molecule has 0 aliphatic heterocycles. The Morgan fingerprint density at radius 2 is 1.61 bits per heavy atom. The molecule has 28 heavy (non-hydrogen) atoms. The van der Waals surface area contributed by atoms with E-state index in [9.17, 15) is 18.0 Å². The third kappa shape index (κ3) is 3.67. The van der Waals surface area contributed by atoms with Crippen LogP contribution in [0, 0.1) is 6.92 Å². The molecule has 2 aromatic carbocycles. The van der Waals surface area contributed by atoms with Crippen LogP contribution in [-0.2, 0) is 17.1 Å². The highest BCUT2D eigenvalue weighted by atomic mass is 32.2. The van der Waals surface area contributed by atoms with Crippen molar-refractivity contribution in [1.29, 1.82) is 0 Å². The largest absolute Gasteiger partial charge is 0.364 e. The van der Waals surface area contributed by atoms with Crippen LogP contribution in [0.15, 0.2) is 65.7 Å². The van der Waals surface area contributed by atoms with E-state index < -0.39 is 21.8 Å². The number of aryl methyl sites for hydroxylation is 2. The van der Waals surface area contributed by atoms with Gasteiger partial charge in [-0.3, -0.25) is 9.59 Å². The van der Waals surface area contributed by atoms with Gasteiger partial charge in [-0.05, 0) is 35.7 Å². The molecule has 0 spiro atoms. The Hall–Kier alpha value is -3.39. The maximum Gasteiger partial charge on any atom is 0.265 e. The summed E-state index contributed by atoms with van der Waals surface area (Å²) in [6.45, 7) is 1.91. The zero-order valence-corrected chi connectivity index (χ0v) is 16.2. The second kappa shape index (κ2) is 7.32. The van der Waals surface area contributed by atoms with Crippen molar-refractivity contribution in [1.82, 2.24) is 9.29 Å². The highest BCUT2D eigenvalue weighted by Crippen LogP contribution is 2.27. The van der Waals surface area contributed by atoms with Crippen LogP contribution in [0.2, 0.25) is 0 Å². The fraction of sp³-hybridized carbons (Fsp3) is 0.100. The number of hydrogen-bond acceptors (Lipinski definition) is 4. The number of sulfonamides is 1. The zero-order chi connectivity index (χ0) is 20.5. The number of aromatic nitrogens is 1. The number of primary amides is 1. The number of nitrogens with one attached hydrogen (secondary N) is 1. The molecule has 0 bridgehead atoms. The summed E-state index contributed by atoms with van der Waals surface area (Å²) in [6.07, 6.45) is 1.23. The van der Waals surface area contributed by atoms with Crippen LogP contribution in [0.25, 0.3) is 11.1 Å². The Labute approximate surface area is 162 Å². The fourth-order valence-electron chi connectivity index (χ4n) is 2.95. The molecule has 0 saturated heterocycles. The smallest absolute Gasteiger partial charge is 0.265 e. The molecule has 144 valence electrons. The van der Waals surface area contributed by atoms with Gasteiger partial charge in [0.05, 0.1) is 0 Å². The van der Waals surface area contributed by atoms with Crippen LogP contribution in [0.5, 0.6) is 0 Å². The quantitative estimate of drug-likeness (QED) is 0.687. The van der Waals surface area contributed by atoms with Crippen molar-refractivity contribution in [3.8, 4) is 11.1 Å². The predicted octanol–water partition coefficient (Wildman–Crippen LogP) is 2.22. The van der Waals surface area contributed by atoms with Gasteiger partial charge in [-0.2, -0.15) is 0 Å². The van der Waals surface area contributed by atoms with Crippen molar-refractivity contribution in [3.05, 3.63) is 77.6 Å². The molecule has 1 heterocycles. The third-order valence-corrected chi connectivity index (χ3v) is 5.67. The van der Waals surface area contributed by atoms with E-state index >= 15 is 0 Å². The summed E-state index contributed by atoms with van der Waals surface area (Å²) in [7, 11) is -2.69. The van der Waals surface area contributed by atoms with Gasteiger partial charge >= 0.3 is 0 Å². The second-order valence-corrected chi connectivity index (χ2v) is 8.01. The van der Waals surface area contributed by atoms with E-state index in [1.54, 1.807) is 24.3 Å². The average molecular weight is 397 g/mol. The lowest BCUT2D eigenvalue weighted by Crippen LogP contribution is -2.30. The van der Waals surface area contributed by atoms with Gasteiger partial charge < -0.3 is 10.3 Å². The Bertz CT molecular complexity index is 1180. The molecule has 0 aliphatic carbocycles. The first kappa shape index (κ1) is 19.4. The lowest BCUT2D eigenvalue weighted by molar-refractivity contribution is 0.0977. The third-order valence-electron chi connectivity index (χ3n) is 4.38. The number of nitrogens with zero attached hydrogens (tertiary/aromatic N) is 1. The normalized spacial score (nSPS) is 11.2. The number of rotatable bonds is 5. The van der Waals surface area contributed by atoms with Gasteiger partial charge in [0.1, 0.15) is 10.6 Å². The monoisotopic (exact) mass is 397 g/mol. The summed E-state index contributed by atoms with van der Waals surface area (Å²) in [5.41, 5.74) is 7.89. The van der Waals surface area contributed by atoms with E-state index in [1.165, 1.54) is 17.8 Å². The van der Waals surface area contributed by atoms with Gasteiger partial charge in [-0.1, -0.05) is 42.5 Å². The standard InChI is InChI=1S/C20H19N3O4S/c1-13-7-3-4-8-15(13)16-9-5-6-10-17(16)20(25)22-28(26,27)14-11-18(19(21)24)23(2)12-14/h3-12H,1-2H3,(H2,21,24)(H,22,25). The van der Waals surface area contributed by atoms with Gasteiger partial charge in [0.15, 0.2) is 0 Å². The van der Waals surface area contributed by atoms with Gasteiger partial charge in [-0.15, -0.1) is 0 Å². The topological polar surface area (TPSA) is 111 Å². The molecule has 0 radical (unpaired) electrons. The predicted molar refractivity (Wildman–Crippen MR) is 105 cm³/mol. The summed E-state index contributed by atoms with van der Waals surface area (Å²) in [6, 6.07) is 15.4. The van der Waals surface area contributed by atoms with E-state index in [4.69, 9.17) is 5.73 Å². The summed E-state index contributed by atoms with van der Waals surface area (Å²) < 4.78 is 28.6. The number of carbonyl (C=O) groups excluding carboxylic acids is 2. The average Bonchev–Trinajstić information content (AvgIpc) is 3.05. The number of nitrogens with two attached hydrogens (primary N) is 1. The van der Waals surface area contributed by atoms with E-state index in [1.807, 2.05) is 31.2 Å². The lowest BCUT2D eigenvalue weighted by atomic mass is 9.96. The molecule has 1 aromatic heterocycles. The molecular weight excluding hydrogens is 378 g/mol. The molecule has 0 saturated carbocycles. The van der Waals surface area contributed by atoms with Crippen molar-refractivity contribution in [2.75, 3.05) is 0 Å². The number of carbonyl (C=O) groups is 2. The Kier molecular flexibility index (Phi) is 5.06. The van der Waals surface area contributed by atoms with E-state index in [0.29, 0.717) is 5.56 Å². The molecular formula is C20H19N3O4S. The first-order chi connectivity index (χ1) is 13.2. The molecule has 0 fully saturated rings. The SMILES string of the molecule is Cc1ccccc1-c1ccccc1C(=O)NS(=O)(=O)c1cc(C(N)=O)n(C)c1.